The summed E-state index contributed by atoms with van der Waals surface area (Å²) in [5.41, 5.74) is 0.493. The topological polar surface area (TPSA) is 53.2 Å². The number of unbranched alkanes of at least 4 members (excludes halogenated alkanes) is 2. The van der Waals surface area contributed by atoms with Crippen molar-refractivity contribution in [2.75, 3.05) is 6.61 Å². The van der Waals surface area contributed by atoms with E-state index in [-0.39, 0.29) is 6.61 Å². The molecule has 1 aromatic rings. The van der Waals surface area contributed by atoms with E-state index >= 15 is 0 Å². The number of benzene rings is 1. The molecule has 0 fully saturated rings. The molecule has 0 radical (unpaired) electrons. The number of rotatable bonds is 6. The molecule has 1 aromatic carbocycles. The third-order valence-corrected chi connectivity index (χ3v) is 2.07. The van der Waals surface area contributed by atoms with Crippen LogP contribution in [0.2, 0.25) is 0 Å². The highest BCUT2D eigenvalue weighted by atomic mass is 19.1. The summed E-state index contributed by atoms with van der Waals surface area (Å²) in [5.74, 6) is -0.000387. The predicted octanol–water partition coefficient (Wildman–Crippen LogP) is 2.39. The van der Waals surface area contributed by atoms with Crippen molar-refractivity contribution in [3.05, 3.63) is 29.6 Å². The zero-order chi connectivity index (χ0) is 11.8. The van der Waals surface area contributed by atoms with Gasteiger partial charge < -0.3 is 9.84 Å². The molecule has 1 N–H and O–H groups in total. The van der Waals surface area contributed by atoms with Gasteiger partial charge in [0.15, 0.2) is 0 Å². The van der Waals surface area contributed by atoms with E-state index in [1.165, 1.54) is 12.1 Å². The van der Waals surface area contributed by atoms with E-state index in [2.05, 4.69) is 0 Å². The maximum atomic E-state index is 13.0. The van der Waals surface area contributed by atoms with E-state index < -0.39 is 5.82 Å². The first-order valence-corrected chi connectivity index (χ1v) is 5.16. The Morgan fingerprint density at radius 2 is 2.12 bits per heavy atom. The van der Waals surface area contributed by atoms with Crippen LogP contribution in [0.4, 0.5) is 4.39 Å². The van der Waals surface area contributed by atoms with E-state index in [4.69, 9.17) is 15.1 Å². The smallest absolute Gasteiger partial charge is 0.127 e. The molecule has 0 bridgehead atoms. The van der Waals surface area contributed by atoms with Gasteiger partial charge in [-0.1, -0.05) is 0 Å². The molecular weight excluding hydrogens is 209 g/mol. The Labute approximate surface area is 94.1 Å². The van der Waals surface area contributed by atoms with Gasteiger partial charge in [0.25, 0.3) is 0 Å². The zero-order valence-electron chi connectivity index (χ0n) is 8.95. The molecule has 0 heterocycles. The quantitative estimate of drug-likeness (QED) is 0.753. The van der Waals surface area contributed by atoms with Crippen molar-refractivity contribution >= 4 is 0 Å². The van der Waals surface area contributed by atoms with Crippen LogP contribution in [0.5, 0.6) is 5.75 Å². The third kappa shape index (κ3) is 4.28. The number of aliphatic hydroxyl groups excluding tert-OH is 1. The van der Waals surface area contributed by atoms with Crippen molar-refractivity contribution < 1.29 is 14.2 Å². The molecule has 3 nitrogen and oxygen atoms in total. The molecule has 0 saturated heterocycles. The monoisotopic (exact) mass is 223 g/mol. The Hall–Kier alpha value is -1.60. The molecule has 86 valence electrons. The second kappa shape index (κ2) is 6.81. The van der Waals surface area contributed by atoms with Gasteiger partial charge in [0.2, 0.25) is 0 Å². The highest BCUT2D eigenvalue weighted by Crippen LogP contribution is 2.16. The molecule has 0 atom stereocenters. The Bertz CT molecular complexity index is 374. The Morgan fingerprint density at radius 3 is 2.81 bits per heavy atom. The van der Waals surface area contributed by atoms with Crippen molar-refractivity contribution in [1.29, 1.82) is 5.26 Å². The fourth-order valence-electron chi connectivity index (χ4n) is 1.29. The Kier molecular flexibility index (Phi) is 5.30. The normalized spacial score (nSPS) is 9.81. The summed E-state index contributed by atoms with van der Waals surface area (Å²) in [5, 5.41) is 17.2. The highest BCUT2D eigenvalue weighted by Gasteiger charge is 2.01. The largest absolute Gasteiger partial charge is 0.493 e. The van der Waals surface area contributed by atoms with Gasteiger partial charge in [-0.05, 0) is 30.5 Å². The molecule has 1 rings (SSSR count). The van der Waals surface area contributed by atoms with Gasteiger partial charge in [-0.3, -0.25) is 0 Å². The molecule has 0 unspecified atom stereocenters. The first kappa shape index (κ1) is 12.5. The first-order valence-electron chi connectivity index (χ1n) is 5.16. The minimum absolute atomic E-state index is 0.206. The van der Waals surface area contributed by atoms with Crippen molar-refractivity contribution in [3.63, 3.8) is 0 Å². The van der Waals surface area contributed by atoms with Crippen molar-refractivity contribution in [1.82, 2.24) is 0 Å². The van der Waals surface area contributed by atoms with Gasteiger partial charge in [-0.25, -0.2) is 4.39 Å². The summed E-state index contributed by atoms with van der Waals surface area (Å²) in [6.45, 7) is 0.249. The molecule has 16 heavy (non-hydrogen) atoms. The minimum atomic E-state index is -0.418. The minimum Gasteiger partial charge on any atom is -0.493 e. The van der Waals surface area contributed by atoms with Crippen LogP contribution in [-0.4, -0.2) is 11.7 Å². The number of aliphatic hydroxyl groups is 1. The van der Waals surface area contributed by atoms with Gasteiger partial charge in [-0.2, -0.15) is 5.26 Å². The first-order chi connectivity index (χ1) is 7.76. The second-order valence-electron chi connectivity index (χ2n) is 3.42. The van der Waals surface area contributed by atoms with Crippen LogP contribution in [0.25, 0.3) is 0 Å². The maximum absolute atomic E-state index is 13.0. The van der Waals surface area contributed by atoms with Crippen LogP contribution >= 0.6 is 0 Å². The van der Waals surface area contributed by atoms with Crippen LogP contribution < -0.4 is 4.74 Å². The van der Waals surface area contributed by atoms with E-state index in [9.17, 15) is 4.39 Å². The van der Waals surface area contributed by atoms with Crippen molar-refractivity contribution in [2.45, 2.75) is 25.9 Å². The molecule has 0 aliphatic heterocycles. The van der Waals surface area contributed by atoms with Crippen LogP contribution in [0.3, 0.4) is 0 Å². The molecular formula is C12H14FNO2. The van der Waals surface area contributed by atoms with Gasteiger partial charge in [0.1, 0.15) is 11.6 Å². The van der Waals surface area contributed by atoms with Crippen molar-refractivity contribution in [2.24, 2.45) is 0 Å². The SMILES string of the molecule is N#CCCCCOc1cc(F)cc(CO)c1. The maximum Gasteiger partial charge on any atom is 0.127 e. The van der Waals surface area contributed by atoms with E-state index in [1.54, 1.807) is 6.07 Å². The molecule has 0 spiro atoms. The number of hydrogen-bond acceptors (Lipinski definition) is 3. The lowest BCUT2D eigenvalue weighted by Gasteiger charge is -2.07. The average molecular weight is 223 g/mol. The van der Waals surface area contributed by atoms with Gasteiger partial charge in [0, 0.05) is 12.5 Å². The van der Waals surface area contributed by atoms with Gasteiger partial charge in [0.05, 0.1) is 19.3 Å². The van der Waals surface area contributed by atoms with E-state index in [0.717, 1.165) is 12.8 Å². The lowest BCUT2D eigenvalue weighted by molar-refractivity contribution is 0.277. The van der Waals surface area contributed by atoms with E-state index in [1.807, 2.05) is 6.07 Å². The van der Waals surface area contributed by atoms with E-state index in [0.29, 0.717) is 24.3 Å². The lowest BCUT2D eigenvalue weighted by atomic mass is 10.2. The second-order valence-corrected chi connectivity index (χ2v) is 3.42. The highest BCUT2D eigenvalue weighted by molar-refractivity contribution is 5.29. The number of ether oxygens (including phenoxy) is 1. The summed E-state index contributed by atoms with van der Waals surface area (Å²) < 4.78 is 18.3. The van der Waals surface area contributed by atoms with Crippen LogP contribution in [0, 0.1) is 17.1 Å². The Morgan fingerprint density at radius 1 is 1.31 bits per heavy atom. The molecule has 0 aliphatic rings. The standard InChI is InChI=1S/C12H14FNO2/c13-11-6-10(9-15)7-12(8-11)16-5-3-1-2-4-14/h6-8,15H,1-3,5,9H2. The lowest BCUT2D eigenvalue weighted by Crippen LogP contribution is -1.98. The summed E-state index contributed by atoms with van der Waals surface area (Å²) in [6.07, 6.45) is 2.05. The number of hydrogen-bond donors (Lipinski definition) is 1. The summed E-state index contributed by atoms with van der Waals surface area (Å²) >= 11 is 0. The predicted molar refractivity (Wildman–Crippen MR) is 57.3 cm³/mol. The molecule has 0 aromatic heterocycles. The summed E-state index contributed by atoms with van der Waals surface area (Å²) in [7, 11) is 0. The fourth-order valence-corrected chi connectivity index (χ4v) is 1.29. The summed E-state index contributed by atoms with van der Waals surface area (Å²) in [6, 6.07) is 6.20. The fraction of sp³-hybridized carbons (Fsp3) is 0.417. The number of nitriles is 1. The molecule has 4 heteroatoms. The molecule has 0 amide bonds. The van der Waals surface area contributed by atoms with Crippen LogP contribution in [0.15, 0.2) is 18.2 Å². The van der Waals surface area contributed by atoms with Gasteiger partial charge >= 0.3 is 0 Å². The third-order valence-electron chi connectivity index (χ3n) is 2.07. The average Bonchev–Trinajstić information content (AvgIpc) is 2.28. The number of nitrogens with zero attached hydrogens (tertiary/aromatic N) is 1. The van der Waals surface area contributed by atoms with Crippen LogP contribution in [0.1, 0.15) is 24.8 Å². The summed E-state index contributed by atoms with van der Waals surface area (Å²) in [4.78, 5) is 0. The number of halogens is 1. The zero-order valence-corrected chi connectivity index (χ0v) is 8.95. The van der Waals surface area contributed by atoms with Crippen molar-refractivity contribution in [3.8, 4) is 11.8 Å². The Balaban J connectivity index is 2.41. The molecule has 0 aliphatic carbocycles. The molecule has 0 saturated carbocycles. The van der Waals surface area contributed by atoms with Crippen LogP contribution in [-0.2, 0) is 6.61 Å². The van der Waals surface area contributed by atoms with Gasteiger partial charge in [-0.15, -0.1) is 0 Å².